The molecule has 1 atom stereocenters. The van der Waals surface area contributed by atoms with Gasteiger partial charge in [-0.25, -0.2) is 4.98 Å². The predicted molar refractivity (Wildman–Crippen MR) is 54.5 cm³/mol. The van der Waals surface area contributed by atoms with E-state index in [-0.39, 0.29) is 5.56 Å². The molecule has 1 aromatic heterocycles. The Morgan fingerprint density at radius 2 is 2.50 bits per heavy atom. The van der Waals surface area contributed by atoms with Crippen LogP contribution in [-0.4, -0.2) is 35.6 Å². The molecule has 1 fully saturated rings. The Bertz CT molecular complexity index is 362. The molecule has 0 spiro atoms. The van der Waals surface area contributed by atoms with Gasteiger partial charge in [0.05, 0.1) is 0 Å². The molecule has 1 aliphatic heterocycles. The summed E-state index contributed by atoms with van der Waals surface area (Å²) in [6.07, 6.45) is 3.17. The number of piperazine rings is 1. The summed E-state index contributed by atoms with van der Waals surface area (Å²) in [6.45, 7) is 4.72. The van der Waals surface area contributed by atoms with Crippen molar-refractivity contribution in [3.63, 3.8) is 0 Å². The monoisotopic (exact) mass is 194 g/mol. The quantitative estimate of drug-likeness (QED) is 0.636. The van der Waals surface area contributed by atoms with E-state index in [4.69, 9.17) is 0 Å². The van der Waals surface area contributed by atoms with Gasteiger partial charge < -0.3 is 15.2 Å². The molecule has 5 nitrogen and oxygen atoms in total. The summed E-state index contributed by atoms with van der Waals surface area (Å²) in [6, 6.07) is 0.319. The van der Waals surface area contributed by atoms with E-state index in [1.807, 2.05) is 4.90 Å². The van der Waals surface area contributed by atoms with Crippen LogP contribution in [0, 0.1) is 0 Å². The Labute approximate surface area is 82.2 Å². The highest BCUT2D eigenvalue weighted by Gasteiger charge is 2.20. The van der Waals surface area contributed by atoms with Gasteiger partial charge in [0.2, 0.25) is 0 Å². The van der Waals surface area contributed by atoms with Crippen LogP contribution in [0.5, 0.6) is 0 Å². The van der Waals surface area contributed by atoms with Gasteiger partial charge in [0.25, 0.3) is 5.56 Å². The number of hydrogen-bond acceptors (Lipinski definition) is 4. The molecule has 2 heterocycles. The third-order valence-electron chi connectivity index (χ3n) is 2.46. The van der Waals surface area contributed by atoms with Crippen LogP contribution in [-0.2, 0) is 0 Å². The summed E-state index contributed by atoms with van der Waals surface area (Å²) in [4.78, 5) is 20.3. The van der Waals surface area contributed by atoms with Crippen molar-refractivity contribution < 1.29 is 0 Å². The van der Waals surface area contributed by atoms with Gasteiger partial charge >= 0.3 is 0 Å². The van der Waals surface area contributed by atoms with Crippen molar-refractivity contribution in [3.8, 4) is 0 Å². The van der Waals surface area contributed by atoms with Gasteiger partial charge in [-0.15, -0.1) is 0 Å². The van der Waals surface area contributed by atoms with Crippen LogP contribution in [0.15, 0.2) is 17.2 Å². The van der Waals surface area contributed by atoms with Gasteiger partial charge in [-0.3, -0.25) is 4.79 Å². The van der Waals surface area contributed by atoms with Crippen LogP contribution in [0.4, 0.5) is 5.82 Å². The van der Waals surface area contributed by atoms with E-state index in [0.717, 1.165) is 19.6 Å². The maximum Gasteiger partial charge on any atom is 0.290 e. The number of aromatic nitrogens is 2. The molecule has 1 unspecified atom stereocenters. The van der Waals surface area contributed by atoms with Crippen molar-refractivity contribution in [2.45, 2.75) is 13.0 Å². The molecule has 0 saturated carbocycles. The molecule has 1 aliphatic rings. The van der Waals surface area contributed by atoms with E-state index in [2.05, 4.69) is 22.2 Å². The van der Waals surface area contributed by atoms with Crippen LogP contribution < -0.4 is 15.8 Å². The topological polar surface area (TPSA) is 61.0 Å². The summed E-state index contributed by atoms with van der Waals surface area (Å²) in [5.74, 6) is 0.529. The Morgan fingerprint density at radius 1 is 1.64 bits per heavy atom. The lowest BCUT2D eigenvalue weighted by atomic mass is 10.2. The first-order valence-corrected chi connectivity index (χ1v) is 4.80. The highest BCUT2D eigenvalue weighted by Crippen LogP contribution is 2.09. The van der Waals surface area contributed by atoms with Gasteiger partial charge in [0.15, 0.2) is 5.82 Å². The molecule has 0 bridgehead atoms. The van der Waals surface area contributed by atoms with E-state index in [0.29, 0.717) is 11.9 Å². The summed E-state index contributed by atoms with van der Waals surface area (Å²) in [7, 11) is 0. The molecule has 5 heteroatoms. The van der Waals surface area contributed by atoms with Crippen molar-refractivity contribution in [3.05, 3.63) is 22.7 Å². The first-order chi connectivity index (χ1) is 6.79. The smallest absolute Gasteiger partial charge is 0.290 e. The summed E-state index contributed by atoms with van der Waals surface area (Å²) < 4.78 is 0. The van der Waals surface area contributed by atoms with E-state index in [1.54, 1.807) is 12.4 Å². The normalized spacial score (nSPS) is 22.4. The number of hydrogen-bond donors (Lipinski definition) is 2. The minimum Gasteiger partial charge on any atom is -0.347 e. The zero-order valence-electron chi connectivity index (χ0n) is 8.16. The van der Waals surface area contributed by atoms with E-state index < -0.39 is 0 Å². The molecule has 2 N–H and O–H groups in total. The largest absolute Gasteiger partial charge is 0.347 e. The van der Waals surface area contributed by atoms with E-state index in [9.17, 15) is 4.79 Å². The zero-order valence-corrected chi connectivity index (χ0v) is 8.16. The second-order valence-electron chi connectivity index (χ2n) is 3.49. The average Bonchev–Trinajstić information content (AvgIpc) is 2.20. The van der Waals surface area contributed by atoms with Gasteiger partial charge in [0, 0.05) is 38.1 Å². The number of nitrogens with one attached hydrogen (secondary N) is 2. The van der Waals surface area contributed by atoms with Crippen molar-refractivity contribution in [1.29, 1.82) is 0 Å². The number of nitrogens with zero attached hydrogens (tertiary/aromatic N) is 2. The molecule has 14 heavy (non-hydrogen) atoms. The van der Waals surface area contributed by atoms with Gasteiger partial charge in [-0.05, 0) is 6.92 Å². The molecule has 0 aliphatic carbocycles. The predicted octanol–water partition coefficient (Wildman–Crippen LogP) is -0.432. The Balaban J connectivity index is 2.29. The van der Waals surface area contributed by atoms with Crippen LogP contribution in [0.3, 0.4) is 0 Å². The molecule has 0 amide bonds. The second-order valence-corrected chi connectivity index (χ2v) is 3.49. The molecular formula is C9H14N4O. The number of H-pyrrole nitrogens is 1. The van der Waals surface area contributed by atoms with Gasteiger partial charge in [-0.2, -0.15) is 0 Å². The standard InChI is InChI=1S/C9H14N4O/c1-7-6-10-4-5-13(7)8-9(14)12-3-2-11-8/h2-3,7,10H,4-6H2,1H3,(H,12,14). The molecule has 1 saturated heterocycles. The molecule has 2 rings (SSSR count). The Hall–Kier alpha value is -1.36. The van der Waals surface area contributed by atoms with Crippen LogP contribution in [0.25, 0.3) is 0 Å². The highest BCUT2D eigenvalue weighted by molar-refractivity contribution is 5.37. The van der Waals surface area contributed by atoms with Crippen LogP contribution >= 0.6 is 0 Å². The first-order valence-electron chi connectivity index (χ1n) is 4.80. The molecule has 0 aromatic carbocycles. The third-order valence-corrected chi connectivity index (χ3v) is 2.46. The Kier molecular flexibility index (Phi) is 2.49. The first kappa shape index (κ1) is 9.21. The lowest BCUT2D eigenvalue weighted by Gasteiger charge is -2.34. The molecule has 0 radical (unpaired) electrons. The van der Waals surface area contributed by atoms with E-state index >= 15 is 0 Å². The highest BCUT2D eigenvalue weighted by atomic mass is 16.1. The van der Waals surface area contributed by atoms with Crippen molar-refractivity contribution in [1.82, 2.24) is 15.3 Å². The minimum atomic E-state index is -0.110. The fourth-order valence-corrected chi connectivity index (χ4v) is 1.70. The van der Waals surface area contributed by atoms with Crippen molar-refractivity contribution in [2.24, 2.45) is 0 Å². The SMILES string of the molecule is CC1CNCCN1c1ncc[nH]c1=O. The van der Waals surface area contributed by atoms with Crippen molar-refractivity contribution >= 4 is 5.82 Å². The summed E-state index contributed by atoms with van der Waals surface area (Å²) in [5, 5.41) is 3.27. The number of rotatable bonds is 1. The molecular weight excluding hydrogens is 180 g/mol. The summed E-state index contributed by atoms with van der Waals surface area (Å²) in [5.41, 5.74) is -0.110. The zero-order chi connectivity index (χ0) is 9.97. The average molecular weight is 194 g/mol. The van der Waals surface area contributed by atoms with Crippen LogP contribution in [0.2, 0.25) is 0 Å². The minimum absolute atomic E-state index is 0.110. The fourth-order valence-electron chi connectivity index (χ4n) is 1.70. The Morgan fingerprint density at radius 3 is 3.21 bits per heavy atom. The van der Waals surface area contributed by atoms with E-state index in [1.165, 1.54) is 0 Å². The van der Waals surface area contributed by atoms with Crippen molar-refractivity contribution in [2.75, 3.05) is 24.5 Å². The maximum atomic E-state index is 11.5. The third kappa shape index (κ3) is 1.63. The lowest BCUT2D eigenvalue weighted by Crippen LogP contribution is -2.51. The van der Waals surface area contributed by atoms with Gasteiger partial charge in [-0.1, -0.05) is 0 Å². The van der Waals surface area contributed by atoms with Crippen LogP contribution in [0.1, 0.15) is 6.92 Å². The fraction of sp³-hybridized carbons (Fsp3) is 0.556. The molecule has 1 aromatic rings. The second kappa shape index (κ2) is 3.79. The lowest BCUT2D eigenvalue weighted by molar-refractivity contribution is 0.495. The van der Waals surface area contributed by atoms with Gasteiger partial charge in [0.1, 0.15) is 0 Å². The number of anilines is 1. The maximum absolute atomic E-state index is 11.5. The molecule has 76 valence electrons. The number of aromatic amines is 1. The summed E-state index contributed by atoms with van der Waals surface area (Å²) >= 11 is 0.